The Morgan fingerprint density at radius 3 is 2.79 bits per heavy atom. The van der Waals surface area contributed by atoms with Crippen LogP contribution in [0, 0.1) is 10.1 Å². The van der Waals surface area contributed by atoms with Crippen molar-refractivity contribution in [2.45, 2.75) is 0 Å². The van der Waals surface area contributed by atoms with E-state index in [0.29, 0.717) is 6.29 Å². The van der Waals surface area contributed by atoms with Gasteiger partial charge in [0.15, 0.2) is 0 Å². The van der Waals surface area contributed by atoms with E-state index in [9.17, 15) is 14.9 Å². The molecule has 0 aliphatic carbocycles. The zero-order chi connectivity index (χ0) is 10.4. The Morgan fingerprint density at radius 1 is 1.36 bits per heavy atom. The van der Waals surface area contributed by atoms with Gasteiger partial charge in [0.25, 0.3) is 0 Å². The van der Waals surface area contributed by atoms with Crippen molar-refractivity contribution in [1.82, 2.24) is 0 Å². The second-order valence-corrected chi connectivity index (χ2v) is 2.31. The number of allylic oxidation sites excluding steroid dienone is 3. The van der Waals surface area contributed by atoms with Crippen LogP contribution in [0.15, 0.2) is 35.0 Å². The maximum atomic E-state index is 10.4. The summed E-state index contributed by atoms with van der Waals surface area (Å²) in [5.74, 6) is 0.158. The van der Waals surface area contributed by atoms with Gasteiger partial charge in [-0.3, -0.25) is 14.9 Å². The van der Waals surface area contributed by atoms with Gasteiger partial charge in [-0.15, -0.1) is 0 Å². The standard InChI is InChI=1S/C9H7NO4/c11-6-3-1-2-4-9-8(10(12)13)5-7-14-9/h1-7H/b3-1+,4-2+. The van der Waals surface area contributed by atoms with Crippen molar-refractivity contribution >= 4 is 18.0 Å². The number of hydrogen-bond donors (Lipinski definition) is 0. The molecule has 0 fully saturated rings. The highest BCUT2D eigenvalue weighted by Gasteiger charge is 2.13. The van der Waals surface area contributed by atoms with Crippen LogP contribution in [0.3, 0.4) is 0 Å². The van der Waals surface area contributed by atoms with Gasteiger partial charge in [-0.2, -0.15) is 0 Å². The van der Waals surface area contributed by atoms with Crippen molar-refractivity contribution in [2.75, 3.05) is 0 Å². The van der Waals surface area contributed by atoms with Gasteiger partial charge in [-0.1, -0.05) is 12.2 Å². The monoisotopic (exact) mass is 193 g/mol. The summed E-state index contributed by atoms with van der Waals surface area (Å²) in [4.78, 5) is 19.8. The summed E-state index contributed by atoms with van der Waals surface area (Å²) in [6, 6.07) is 1.27. The molecule has 5 nitrogen and oxygen atoms in total. The minimum absolute atomic E-state index is 0.0965. The Kier molecular flexibility index (Phi) is 3.37. The van der Waals surface area contributed by atoms with E-state index in [4.69, 9.17) is 4.42 Å². The molecule has 0 aliphatic heterocycles. The fraction of sp³-hybridized carbons (Fsp3) is 0. The molecule has 0 unspecified atom stereocenters. The van der Waals surface area contributed by atoms with Crippen molar-refractivity contribution < 1.29 is 14.1 Å². The molecule has 0 atom stereocenters. The zero-order valence-electron chi connectivity index (χ0n) is 7.12. The molecular formula is C9H7NO4. The van der Waals surface area contributed by atoms with Crippen LogP contribution in [0.2, 0.25) is 0 Å². The van der Waals surface area contributed by atoms with E-state index < -0.39 is 4.92 Å². The first-order valence-electron chi connectivity index (χ1n) is 3.76. The lowest BCUT2D eigenvalue weighted by molar-refractivity contribution is -0.385. The van der Waals surface area contributed by atoms with Gasteiger partial charge in [0.1, 0.15) is 6.29 Å². The highest BCUT2D eigenvalue weighted by Crippen LogP contribution is 2.20. The van der Waals surface area contributed by atoms with Crippen LogP contribution in [0.5, 0.6) is 0 Å². The second kappa shape index (κ2) is 4.76. The lowest BCUT2D eigenvalue weighted by Crippen LogP contribution is -1.86. The van der Waals surface area contributed by atoms with Crippen LogP contribution in [-0.4, -0.2) is 11.2 Å². The molecular weight excluding hydrogens is 186 g/mol. The summed E-state index contributed by atoms with van der Waals surface area (Å²) >= 11 is 0. The van der Waals surface area contributed by atoms with Crippen LogP contribution >= 0.6 is 0 Å². The Hall–Kier alpha value is -2.17. The Balaban J connectivity index is 2.81. The summed E-state index contributed by atoms with van der Waals surface area (Å²) in [5, 5.41) is 10.4. The average molecular weight is 193 g/mol. The third kappa shape index (κ3) is 2.41. The average Bonchev–Trinajstić information content (AvgIpc) is 2.60. The van der Waals surface area contributed by atoms with Crippen LogP contribution in [0.4, 0.5) is 5.69 Å². The van der Waals surface area contributed by atoms with E-state index >= 15 is 0 Å². The summed E-state index contributed by atoms with van der Waals surface area (Å²) in [6.45, 7) is 0. The maximum Gasteiger partial charge on any atom is 0.314 e. The van der Waals surface area contributed by atoms with Crippen LogP contribution in [0.25, 0.3) is 6.08 Å². The van der Waals surface area contributed by atoms with E-state index in [1.54, 1.807) is 0 Å². The third-order valence-corrected chi connectivity index (χ3v) is 1.42. The Labute approximate surface area is 79.5 Å². The summed E-state index contributed by atoms with van der Waals surface area (Å²) < 4.78 is 4.86. The van der Waals surface area contributed by atoms with E-state index in [2.05, 4.69) is 0 Å². The number of rotatable bonds is 4. The van der Waals surface area contributed by atoms with Crippen molar-refractivity contribution in [1.29, 1.82) is 0 Å². The van der Waals surface area contributed by atoms with E-state index in [1.807, 2.05) is 0 Å². The van der Waals surface area contributed by atoms with Gasteiger partial charge in [0.05, 0.1) is 17.3 Å². The molecule has 0 bridgehead atoms. The van der Waals surface area contributed by atoms with Gasteiger partial charge in [-0.05, 0) is 12.2 Å². The number of carbonyl (C=O) groups is 1. The first-order chi connectivity index (χ1) is 6.75. The molecule has 5 heteroatoms. The fourth-order valence-corrected chi connectivity index (χ4v) is 0.842. The van der Waals surface area contributed by atoms with Crippen LogP contribution in [-0.2, 0) is 4.79 Å². The smallest absolute Gasteiger partial charge is 0.314 e. The molecule has 1 aromatic heterocycles. The Bertz CT molecular complexity index is 389. The molecule has 14 heavy (non-hydrogen) atoms. The zero-order valence-corrected chi connectivity index (χ0v) is 7.12. The molecule has 0 aromatic carbocycles. The topological polar surface area (TPSA) is 73.3 Å². The number of carbonyl (C=O) groups excluding carboxylic acids is 1. The van der Waals surface area contributed by atoms with Gasteiger partial charge >= 0.3 is 5.69 Å². The summed E-state index contributed by atoms with van der Waals surface area (Å²) in [5.41, 5.74) is -0.0965. The van der Waals surface area contributed by atoms with Crippen molar-refractivity contribution in [3.8, 4) is 0 Å². The summed E-state index contributed by atoms with van der Waals surface area (Å²) in [6.07, 6.45) is 7.48. The molecule has 0 aliphatic rings. The normalized spacial score (nSPS) is 11.1. The first kappa shape index (κ1) is 9.91. The van der Waals surface area contributed by atoms with Crippen LogP contribution < -0.4 is 0 Å². The van der Waals surface area contributed by atoms with E-state index in [1.165, 1.54) is 36.6 Å². The minimum atomic E-state index is -0.535. The molecule has 1 heterocycles. The molecule has 0 saturated carbocycles. The summed E-state index contributed by atoms with van der Waals surface area (Å²) in [7, 11) is 0. The molecule has 1 aromatic rings. The van der Waals surface area contributed by atoms with Crippen molar-refractivity contribution in [3.05, 3.63) is 46.4 Å². The van der Waals surface area contributed by atoms with Crippen molar-refractivity contribution in [3.63, 3.8) is 0 Å². The van der Waals surface area contributed by atoms with E-state index in [0.717, 1.165) is 0 Å². The molecule has 0 amide bonds. The minimum Gasteiger partial charge on any atom is -0.457 e. The largest absolute Gasteiger partial charge is 0.457 e. The lowest BCUT2D eigenvalue weighted by atomic mass is 10.3. The second-order valence-electron chi connectivity index (χ2n) is 2.31. The maximum absolute atomic E-state index is 10.4. The predicted octanol–water partition coefficient (Wildman–Crippen LogP) is 1.96. The fourth-order valence-electron chi connectivity index (χ4n) is 0.842. The first-order valence-corrected chi connectivity index (χ1v) is 3.76. The molecule has 0 N–H and O–H groups in total. The highest BCUT2D eigenvalue weighted by atomic mass is 16.6. The van der Waals surface area contributed by atoms with E-state index in [-0.39, 0.29) is 11.4 Å². The van der Waals surface area contributed by atoms with Crippen molar-refractivity contribution in [2.24, 2.45) is 0 Å². The number of aldehydes is 1. The highest BCUT2D eigenvalue weighted by molar-refractivity contribution is 5.66. The third-order valence-electron chi connectivity index (χ3n) is 1.42. The van der Waals surface area contributed by atoms with Crippen LogP contribution in [0.1, 0.15) is 5.76 Å². The van der Waals surface area contributed by atoms with Gasteiger partial charge in [0.2, 0.25) is 5.76 Å². The number of furan rings is 1. The molecule has 0 saturated heterocycles. The molecule has 72 valence electrons. The molecule has 0 spiro atoms. The number of nitrogens with zero attached hydrogens (tertiary/aromatic N) is 1. The number of nitro groups is 1. The lowest BCUT2D eigenvalue weighted by Gasteiger charge is -1.85. The predicted molar refractivity (Wildman–Crippen MR) is 49.6 cm³/mol. The van der Waals surface area contributed by atoms with Gasteiger partial charge in [0, 0.05) is 0 Å². The molecule has 1 rings (SSSR count). The quantitative estimate of drug-likeness (QED) is 0.241. The Morgan fingerprint density at radius 2 is 2.14 bits per heavy atom. The van der Waals surface area contributed by atoms with Gasteiger partial charge in [-0.25, -0.2) is 0 Å². The van der Waals surface area contributed by atoms with Gasteiger partial charge < -0.3 is 4.42 Å². The molecule has 0 radical (unpaired) electrons. The number of hydrogen-bond acceptors (Lipinski definition) is 4. The SMILES string of the molecule is O=C/C=C/C=C/c1occc1[N+](=O)[O-].